The molecule has 0 aromatic heterocycles. The van der Waals surface area contributed by atoms with Crippen LogP contribution in [0.2, 0.25) is 0 Å². The summed E-state index contributed by atoms with van der Waals surface area (Å²) < 4.78 is 0. The first-order valence-corrected chi connectivity index (χ1v) is 8.08. The molecular formula is C16H35N3. The van der Waals surface area contributed by atoms with Gasteiger partial charge in [0.1, 0.15) is 0 Å². The molecule has 0 aromatic rings. The minimum atomic E-state index is 0.434. The van der Waals surface area contributed by atoms with Crippen LogP contribution in [0.15, 0.2) is 0 Å². The molecule has 0 bridgehead atoms. The standard InChI is InChI=1S/C16H35N3/c1-6-7-16(4,13-17-5)14-19-10-8-18(9-11-19)12-15(2)3/h15,17H,6-14H2,1-5H3. The van der Waals surface area contributed by atoms with Crippen molar-refractivity contribution in [1.29, 1.82) is 0 Å². The molecule has 1 heterocycles. The highest BCUT2D eigenvalue weighted by atomic mass is 15.3. The van der Waals surface area contributed by atoms with E-state index < -0.39 is 0 Å². The van der Waals surface area contributed by atoms with Gasteiger partial charge >= 0.3 is 0 Å². The molecule has 0 amide bonds. The van der Waals surface area contributed by atoms with Crippen molar-refractivity contribution in [2.75, 3.05) is 52.9 Å². The van der Waals surface area contributed by atoms with Crippen LogP contribution in [0.1, 0.15) is 40.5 Å². The van der Waals surface area contributed by atoms with Crippen LogP contribution in [-0.4, -0.2) is 62.7 Å². The van der Waals surface area contributed by atoms with Gasteiger partial charge in [0.15, 0.2) is 0 Å². The van der Waals surface area contributed by atoms with Gasteiger partial charge in [0, 0.05) is 45.8 Å². The Morgan fingerprint density at radius 1 is 1.11 bits per heavy atom. The fourth-order valence-corrected chi connectivity index (χ4v) is 3.44. The molecule has 1 atom stereocenters. The number of nitrogens with one attached hydrogen (secondary N) is 1. The second-order valence-electron chi connectivity index (χ2n) is 7.06. The molecule has 0 aliphatic carbocycles. The minimum absolute atomic E-state index is 0.434. The molecule has 1 unspecified atom stereocenters. The molecule has 1 rings (SSSR count). The Hall–Kier alpha value is -0.120. The lowest BCUT2D eigenvalue weighted by Crippen LogP contribution is -2.51. The van der Waals surface area contributed by atoms with Crippen molar-refractivity contribution >= 4 is 0 Å². The SMILES string of the molecule is CCCC(C)(CNC)CN1CCN(CC(C)C)CC1. The number of rotatable bonds is 8. The summed E-state index contributed by atoms with van der Waals surface area (Å²) in [6.45, 7) is 18.0. The van der Waals surface area contributed by atoms with Gasteiger partial charge in [-0.25, -0.2) is 0 Å². The Morgan fingerprint density at radius 2 is 1.68 bits per heavy atom. The Bertz CT molecular complexity index is 226. The Labute approximate surface area is 120 Å². The summed E-state index contributed by atoms with van der Waals surface area (Å²) in [6, 6.07) is 0. The summed E-state index contributed by atoms with van der Waals surface area (Å²) in [4.78, 5) is 5.29. The number of hydrogen-bond acceptors (Lipinski definition) is 3. The van der Waals surface area contributed by atoms with Gasteiger partial charge in [-0.2, -0.15) is 0 Å². The molecule has 0 spiro atoms. The first-order chi connectivity index (χ1) is 8.99. The largest absolute Gasteiger partial charge is 0.319 e. The fourth-order valence-electron chi connectivity index (χ4n) is 3.44. The third-order valence-corrected chi connectivity index (χ3v) is 4.15. The number of hydrogen-bond donors (Lipinski definition) is 1. The molecule has 1 aliphatic heterocycles. The topological polar surface area (TPSA) is 18.5 Å². The van der Waals surface area contributed by atoms with Crippen LogP contribution >= 0.6 is 0 Å². The van der Waals surface area contributed by atoms with Gasteiger partial charge < -0.3 is 15.1 Å². The van der Waals surface area contributed by atoms with E-state index in [0.29, 0.717) is 5.41 Å². The van der Waals surface area contributed by atoms with Crippen LogP contribution in [0.4, 0.5) is 0 Å². The molecule has 1 fully saturated rings. The van der Waals surface area contributed by atoms with Crippen molar-refractivity contribution in [1.82, 2.24) is 15.1 Å². The van der Waals surface area contributed by atoms with E-state index in [0.717, 1.165) is 12.5 Å². The third-order valence-electron chi connectivity index (χ3n) is 4.15. The van der Waals surface area contributed by atoms with Gasteiger partial charge in [0.05, 0.1) is 0 Å². The highest BCUT2D eigenvalue weighted by Crippen LogP contribution is 2.24. The number of piperazine rings is 1. The van der Waals surface area contributed by atoms with Crippen LogP contribution < -0.4 is 5.32 Å². The molecule has 1 saturated heterocycles. The molecule has 114 valence electrons. The van der Waals surface area contributed by atoms with Gasteiger partial charge in [-0.05, 0) is 24.8 Å². The summed E-state index contributed by atoms with van der Waals surface area (Å²) in [5, 5.41) is 3.38. The van der Waals surface area contributed by atoms with Crippen LogP contribution in [0.3, 0.4) is 0 Å². The van der Waals surface area contributed by atoms with E-state index in [4.69, 9.17) is 0 Å². The fraction of sp³-hybridized carbons (Fsp3) is 1.00. The molecular weight excluding hydrogens is 234 g/mol. The molecule has 0 saturated carbocycles. The minimum Gasteiger partial charge on any atom is -0.319 e. The number of nitrogens with zero attached hydrogens (tertiary/aromatic N) is 2. The highest BCUT2D eigenvalue weighted by Gasteiger charge is 2.27. The smallest absolute Gasteiger partial charge is 0.0110 e. The lowest BCUT2D eigenvalue weighted by Gasteiger charge is -2.40. The van der Waals surface area contributed by atoms with Gasteiger partial charge in [0.25, 0.3) is 0 Å². The van der Waals surface area contributed by atoms with E-state index in [9.17, 15) is 0 Å². The zero-order chi connectivity index (χ0) is 14.3. The average molecular weight is 269 g/mol. The van der Waals surface area contributed by atoms with Crippen LogP contribution in [-0.2, 0) is 0 Å². The normalized spacial score (nSPS) is 21.8. The van der Waals surface area contributed by atoms with E-state index >= 15 is 0 Å². The summed E-state index contributed by atoms with van der Waals surface area (Å²) in [6.07, 6.45) is 2.60. The van der Waals surface area contributed by atoms with Crippen molar-refractivity contribution in [2.45, 2.75) is 40.5 Å². The zero-order valence-corrected chi connectivity index (χ0v) is 13.8. The Balaban J connectivity index is 2.37. The Morgan fingerprint density at radius 3 is 2.16 bits per heavy atom. The quantitative estimate of drug-likeness (QED) is 0.729. The first-order valence-electron chi connectivity index (χ1n) is 8.08. The predicted octanol–water partition coefficient (Wildman–Crippen LogP) is 2.29. The molecule has 19 heavy (non-hydrogen) atoms. The predicted molar refractivity (Wildman–Crippen MR) is 84.7 cm³/mol. The van der Waals surface area contributed by atoms with E-state index in [1.165, 1.54) is 52.1 Å². The highest BCUT2D eigenvalue weighted by molar-refractivity contribution is 4.83. The molecule has 1 N–H and O–H groups in total. The van der Waals surface area contributed by atoms with Crippen molar-refractivity contribution < 1.29 is 0 Å². The first kappa shape index (κ1) is 16.9. The summed E-state index contributed by atoms with van der Waals surface area (Å²) in [5.41, 5.74) is 0.434. The van der Waals surface area contributed by atoms with Crippen molar-refractivity contribution in [2.24, 2.45) is 11.3 Å². The van der Waals surface area contributed by atoms with Gasteiger partial charge in [-0.1, -0.05) is 34.1 Å². The molecule has 1 aliphatic rings. The van der Waals surface area contributed by atoms with Crippen LogP contribution in [0.25, 0.3) is 0 Å². The maximum atomic E-state index is 3.38. The maximum Gasteiger partial charge on any atom is 0.0110 e. The van der Waals surface area contributed by atoms with E-state index in [2.05, 4.69) is 49.9 Å². The second kappa shape index (κ2) is 8.23. The molecule has 0 radical (unpaired) electrons. The van der Waals surface area contributed by atoms with Gasteiger partial charge in [-0.3, -0.25) is 0 Å². The van der Waals surface area contributed by atoms with Crippen molar-refractivity contribution in [3.05, 3.63) is 0 Å². The zero-order valence-electron chi connectivity index (χ0n) is 13.8. The maximum absolute atomic E-state index is 3.38. The van der Waals surface area contributed by atoms with E-state index in [1.807, 2.05) is 0 Å². The summed E-state index contributed by atoms with van der Waals surface area (Å²) in [7, 11) is 2.08. The summed E-state index contributed by atoms with van der Waals surface area (Å²) >= 11 is 0. The monoisotopic (exact) mass is 269 g/mol. The van der Waals surface area contributed by atoms with Crippen LogP contribution in [0.5, 0.6) is 0 Å². The summed E-state index contributed by atoms with van der Waals surface area (Å²) in [5.74, 6) is 0.793. The molecule has 3 heteroatoms. The Kier molecular flexibility index (Phi) is 7.33. The molecule has 3 nitrogen and oxygen atoms in total. The van der Waals surface area contributed by atoms with Gasteiger partial charge in [0.2, 0.25) is 0 Å². The van der Waals surface area contributed by atoms with Crippen molar-refractivity contribution in [3.63, 3.8) is 0 Å². The lowest BCUT2D eigenvalue weighted by molar-refractivity contribution is 0.0812. The van der Waals surface area contributed by atoms with Crippen LogP contribution in [0, 0.1) is 11.3 Å². The second-order valence-corrected chi connectivity index (χ2v) is 7.06. The lowest BCUT2D eigenvalue weighted by atomic mass is 9.84. The van der Waals surface area contributed by atoms with E-state index in [-0.39, 0.29) is 0 Å². The van der Waals surface area contributed by atoms with E-state index in [1.54, 1.807) is 0 Å². The van der Waals surface area contributed by atoms with Crippen molar-refractivity contribution in [3.8, 4) is 0 Å². The van der Waals surface area contributed by atoms with Gasteiger partial charge in [-0.15, -0.1) is 0 Å². The molecule has 0 aromatic carbocycles. The average Bonchev–Trinajstić information content (AvgIpc) is 2.31. The third kappa shape index (κ3) is 6.24.